The first-order chi connectivity index (χ1) is 9.72. The molecule has 2 aromatic carbocycles. The molecule has 1 unspecified atom stereocenters. The third kappa shape index (κ3) is 3.35. The normalized spacial score (nSPS) is 11.7. The summed E-state index contributed by atoms with van der Waals surface area (Å²) in [5, 5.41) is 0. The van der Waals surface area contributed by atoms with Crippen LogP contribution in [0.3, 0.4) is 0 Å². The van der Waals surface area contributed by atoms with Crippen molar-refractivity contribution in [3.63, 3.8) is 0 Å². The van der Waals surface area contributed by atoms with Crippen LogP contribution in [0.25, 0.3) is 0 Å². The molecule has 0 heterocycles. The molecule has 104 valence electrons. The molecule has 20 heavy (non-hydrogen) atoms. The second-order valence-electron chi connectivity index (χ2n) is 4.09. The minimum Gasteiger partial charge on any atom is -0.471 e. The first-order valence-electron chi connectivity index (χ1n) is 6.35. The fourth-order valence-electron chi connectivity index (χ4n) is 1.77. The minimum absolute atomic E-state index is 0.0226. The van der Waals surface area contributed by atoms with E-state index < -0.39 is 17.9 Å². The molecule has 0 aromatic heterocycles. The minimum atomic E-state index is -0.979. The highest BCUT2D eigenvalue weighted by molar-refractivity contribution is 5.77. The van der Waals surface area contributed by atoms with Gasteiger partial charge in [-0.1, -0.05) is 42.5 Å². The number of halogens is 1. The van der Waals surface area contributed by atoms with Gasteiger partial charge in [-0.05, 0) is 19.1 Å². The van der Waals surface area contributed by atoms with Crippen molar-refractivity contribution in [2.75, 3.05) is 6.61 Å². The highest BCUT2D eigenvalue weighted by atomic mass is 19.1. The molecule has 1 atom stereocenters. The number of para-hydroxylation sites is 1. The Labute approximate surface area is 117 Å². The van der Waals surface area contributed by atoms with Gasteiger partial charge < -0.3 is 9.47 Å². The van der Waals surface area contributed by atoms with Crippen LogP contribution in [0.1, 0.15) is 18.6 Å². The van der Waals surface area contributed by atoms with Gasteiger partial charge in [-0.25, -0.2) is 9.18 Å². The Kier molecular flexibility index (Phi) is 4.71. The first-order valence-corrected chi connectivity index (χ1v) is 6.35. The molecule has 4 heteroatoms. The molecule has 0 amide bonds. The third-order valence-corrected chi connectivity index (χ3v) is 2.68. The maximum Gasteiger partial charge on any atom is 0.352 e. The number of benzene rings is 2. The van der Waals surface area contributed by atoms with Gasteiger partial charge in [0.15, 0.2) is 11.6 Å². The lowest BCUT2D eigenvalue weighted by Crippen LogP contribution is -2.21. The van der Waals surface area contributed by atoms with Crippen molar-refractivity contribution in [1.29, 1.82) is 0 Å². The lowest BCUT2D eigenvalue weighted by atomic mass is 10.1. The smallest absolute Gasteiger partial charge is 0.352 e. The van der Waals surface area contributed by atoms with E-state index in [4.69, 9.17) is 9.47 Å². The summed E-state index contributed by atoms with van der Waals surface area (Å²) >= 11 is 0. The zero-order chi connectivity index (χ0) is 14.4. The van der Waals surface area contributed by atoms with Crippen LogP contribution in [0.2, 0.25) is 0 Å². The van der Waals surface area contributed by atoms with Crippen molar-refractivity contribution >= 4 is 5.97 Å². The average Bonchev–Trinajstić information content (AvgIpc) is 2.47. The molecule has 0 saturated heterocycles. The number of hydrogen-bond acceptors (Lipinski definition) is 3. The standard InChI is InChI=1S/C16H15FO3/c1-2-19-16(18)15(12-8-4-3-5-9-12)20-14-11-7-6-10-13(14)17/h3-11,15H,2H2,1H3. The Morgan fingerprint density at radius 3 is 2.40 bits per heavy atom. The van der Waals surface area contributed by atoms with E-state index in [2.05, 4.69) is 0 Å². The van der Waals surface area contributed by atoms with Crippen LogP contribution in [0.5, 0.6) is 5.75 Å². The van der Waals surface area contributed by atoms with Crippen LogP contribution in [0.15, 0.2) is 54.6 Å². The van der Waals surface area contributed by atoms with E-state index >= 15 is 0 Å². The summed E-state index contributed by atoms with van der Waals surface area (Å²) in [5.74, 6) is -1.03. The van der Waals surface area contributed by atoms with E-state index in [9.17, 15) is 9.18 Å². The molecule has 3 nitrogen and oxygen atoms in total. The third-order valence-electron chi connectivity index (χ3n) is 2.68. The van der Waals surface area contributed by atoms with Gasteiger partial charge in [0, 0.05) is 5.56 Å². The zero-order valence-corrected chi connectivity index (χ0v) is 11.1. The molecule has 0 N–H and O–H groups in total. The van der Waals surface area contributed by atoms with Crippen molar-refractivity contribution in [3.05, 3.63) is 66.0 Å². The summed E-state index contributed by atoms with van der Waals surface area (Å²) in [6.07, 6.45) is -0.979. The molecule has 0 bridgehead atoms. The summed E-state index contributed by atoms with van der Waals surface area (Å²) < 4.78 is 24.1. The Balaban J connectivity index is 2.28. The number of ether oxygens (including phenoxy) is 2. The quantitative estimate of drug-likeness (QED) is 0.783. The molecule has 2 rings (SSSR count). The highest BCUT2D eigenvalue weighted by Crippen LogP contribution is 2.25. The average molecular weight is 274 g/mol. The Bertz CT molecular complexity index is 569. The summed E-state index contributed by atoms with van der Waals surface area (Å²) in [7, 11) is 0. The number of rotatable bonds is 5. The molecule has 0 fully saturated rings. The lowest BCUT2D eigenvalue weighted by Gasteiger charge is -2.18. The number of hydrogen-bond donors (Lipinski definition) is 0. The van der Waals surface area contributed by atoms with Crippen molar-refractivity contribution in [2.45, 2.75) is 13.0 Å². The van der Waals surface area contributed by atoms with Gasteiger partial charge in [-0.2, -0.15) is 0 Å². The fraction of sp³-hybridized carbons (Fsp3) is 0.188. The summed E-state index contributed by atoms with van der Waals surface area (Å²) in [6.45, 7) is 1.95. The summed E-state index contributed by atoms with van der Waals surface area (Å²) in [6, 6.07) is 14.8. The molecule has 0 saturated carbocycles. The molecule has 0 aliphatic carbocycles. The van der Waals surface area contributed by atoms with E-state index in [1.165, 1.54) is 12.1 Å². The molecule has 2 aromatic rings. The van der Waals surface area contributed by atoms with Crippen LogP contribution in [-0.4, -0.2) is 12.6 Å². The topological polar surface area (TPSA) is 35.5 Å². The predicted molar refractivity (Wildman–Crippen MR) is 72.8 cm³/mol. The van der Waals surface area contributed by atoms with Gasteiger partial charge in [-0.15, -0.1) is 0 Å². The molecule has 0 spiro atoms. The monoisotopic (exact) mass is 274 g/mol. The zero-order valence-electron chi connectivity index (χ0n) is 11.1. The largest absolute Gasteiger partial charge is 0.471 e. The van der Waals surface area contributed by atoms with E-state index in [0.29, 0.717) is 5.56 Å². The molecule has 0 aliphatic rings. The van der Waals surface area contributed by atoms with Gasteiger partial charge in [0.25, 0.3) is 0 Å². The number of carbonyl (C=O) groups excluding carboxylic acids is 1. The van der Waals surface area contributed by atoms with Crippen LogP contribution in [-0.2, 0) is 9.53 Å². The Morgan fingerprint density at radius 1 is 1.10 bits per heavy atom. The van der Waals surface area contributed by atoms with Crippen molar-refractivity contribution < 1.29 is 18.7 Å². The van der Waals surface area contributed by atoms with Gasteiger partial charge in [0.05, 0.1) is 6.61 Å². The molecule has 0 radical (unpaired) electrons. The fourth-order valence-corrected chi connectivity index (χ4v) is 1.77. The Hall–Kier alpha value is -2.36. The summed E-state index contributed by atoms with van der Waals surface area (Å²) in [5.41, 5.74) is 0.620. The summed E-state index contributed by atoms with van der Waals surface area (Å²) in [4.78, 5) is 12.0. The first kappa shape index (κ1) is 14.1. The van der Waals surface area contributed by atoms with Crippen molar-refractivity contribution in [1.82, 2.24) is 0 Å². The second kappa shape index (κ2) is 6.70. The lowest BCUT2D eigenvalue weighted by molar-refractivity contribution is -0.151. The van der Waals surface area contributed by atoms with Gasteiger partial charge in [-0.3, -0.25) is 0 Å². The molecular weight excluding hydrogens is 259 g/mol. The van der Waals surface area contributed by atoms with Crippen LogP contribution in [0, 0.1) is 5.82 Å². The Morgan fingerprint density at radius 2 is 1.75 bits per heavy atom. The van der Waals surface area contributed by atoms with Crippen LogP contribution in [0.4, 0.5) is 4.39 Å². The van der Waals surface area contributed by atoms with E-state index in [0.717, 1.165) is 0 Å². The van der Waals surface area contributed by atoms with E-state index in [-0.39, 0.29) is 12.4 Å². The molecular formula is C16H15FO3. The maximum atomic E-state index is 13.6. The van der Waals surface area contributed by atoms with Crippen LogP contribution >= 0.6 is 0 Å². The maximum absolute atomic E-state index is 13.6. The van der Waals surface area contributed by atoms with Gasteiger partial charge in [0.1, 0.15) is 0 Å². The predicted octanol–water partition coefficient (Wildman–Crippen LogP) is 3.51. The van der Waals surface area contributed by atoms with Crippen LogP contribution < -0.4 is 4.74 Å². The van der Waals surface area contributed by atoms with Gasteiger partial charge in [0.2, 0.25) is 6.10 Å². The second-order valence-corrected chi connectivity index (χ2v) is 4.09. The van der Waals surface area contributed by atoms with E-state index in [1.54, 1.807) is 43.3 Å². The van der Waals surface area contributed by atoms with Gasteiger partial charge >= 0.3 is 5.97 Å². The SMILES string of the molecule is CCOC(=O)C(Oc1ccccc1F)c1ccccc1. The van der Waals surface area contributed by atoms with Crippen molar-refractivity contribution in [3.8, 4) is 5.75 Å². The van der Waals surface area contributed by atoms with E-state index in [1.807, 2.05) is 6.07 Å². The molecule has 0 aliphatic heterocycles. The number of carbonyl (C=O) groups is 1. The highest BCUT2D eigenvalue weighted by Gasteiger charge is 2.24. The van der Waals surface area contributed by atoms with Crippen molar-refractivity contribution in [2.24, 2.45) is 0 Å². The number of esters is 1.